The maximum atomic E-state index is 5.13. The molecule has 1 N–H and O–H groups in total. The summed E-state index contributed by atoms with van der Waals surface area (Å²) >= 11 is 6.24. The van der Waals surface area contributed by atoms with Gasteiger partial charge in [-0.05, 0) is 19.3 Å². The van der Waals surface area contributed by atoms with Gasteiger partial charge in [0.05, 0.1) is 10.9 Å². The molecule has 2 nitrogen and oxygen atoms in total. The molecule has 5 heteroatoms. The number of aryl methyl sites for hydroxylation is 1. The Kier molecular flexibility index (Phi) is 5.57. The van der Waals surface area contributed by atoms with Crippen LogP contribution in [-0.4, -0.2) is 34.3 Å². The molecule has 118 valence electrons. The normalized spacial score (nSPS) is 29.6. The molecule has 3 unspecified atom stereocenters. The summed E-state index contributed by atoms with van der Waals surface area (Å²) in [4.78, 5) is 6.71. The summed E-state index contributed by atoms with van der Waals surface area (Å²) in [7, 11) is 0. The van der Waals surface area contributed by atoms with E-state index in [2.05, 4.69) is 49.6 Å². The van der Waals surface area contributed by atoms with Crippen LogP contribution in [0.2, 0.25) is 0 Å². The first-order chi connectivity index (χ1) is 10.1. The van der Waals surface area contributed by atoms with E-state index < -0.39 is 0 Å². The number of hydrogen-bond donors (Lipinski definition) is 1. The van der Waals surface area contributed by atoms with Crippen LogP contribution < -0.4 is 5.32 Å². The van der Waals surface area contributed by atoms with E-state index in [1.807, 2.05) is 11.3 Å². The number of fused-ring (bicyclic) bond motifs is 1. The number of nitrogens with zero attached hydrogens (tertiary/aromatic N) is 1. The van der Waals surface area contributed by atoms with Crippen molar-refractivity contribution < 1.29 is 0 Å². The number of nitrogens with one attached hydrogen (secondary N) is 1. The van der Waals surface area contributed by atoms with E-state index in [0.29, 0.717) is 22.5 Å². The van der Waals surface area contributed by atoms with Crippen LogP contribution in [0.25, 0.3) is 0 Å². The summed E-state index contributed by atoms with van der Waals surface area (Å²) < 4.78 is 0. The summed E-state index contributed by atoms with van der Waals surface area (Å²) in [5.41, 5.74) is 1.43. The van der Waals surface area contributed by atoms with Crippen molar-refractivity contribution in [2.75, 3.05) is 18.1 Å². The largest absolute Gasteiger partial charge is 0.314 e. The molecule has 1 fully saturated rings. The highest BCUT2D eigenvalue weighted by Gasteiger charge is 2.31. The van der Waals surface area contributed by atoms with Gasteiger partial charge in [-0.1, -0.05) is 20.8 Å². The van der Waals surface area contributed by atoms with E-state index in [-0.39, 0.29) is 0 Å². The highest BCUT2D eigenvalue weighted by Crippen LogP contribution is 2.46. The maximum absolute atomic E-state index is 5.13. The van der Waals surface area contributed by atoms with Crippen molar-refractivity contribution in [1.82, 2.24) is 10.3 Å². The lowest BCUT2D eigenvalue weighted by molar-refractivity contribution is 0.474. The zero-order valence-electron chi connectivity index (χ0n) is 13.2. The fourth-order valence-corrected chi connectivity index (χ4v) is 7.48. The second-order valence-corrected chi connectivity index (χ2v) is 10.2. The number of hydrogen-bond acceptors (Lipinski definition) is 5. The summed E-state index contributed by atoms with van der Waals surface area (Å²) in [5, 5.41) is 6.35. The predicted octanol–water partition coefficient (Wildman–Crippen LogP) is 4.47. The Hall–Kier alpha value is 0.290. The van der Waals surface area contributed by atoms with E-state index >= 15 is 0 Å². The van der Waals surface area contributed by atoms with Crippen molar-refractivity contribution in [1.29, 1.82) is 0 Å². The molecule has 0 saturated carbocycles. The van der Waals surface area contributed by atoms with Gasteiger partial charge in [0.2, 0.25) is 0 Å². The molecule has 0 amide bonds. The van der Waals surface area contributed by atoms with E-state index in [0.717, 1.165) is 6.54 Å². The molecule has 1 aromatic heterocycles. The van der Waals surface area contributed by atoms with Crippen LogP contribution >= 0.6 is 34.9 Å². The van der Waals surface area contributed by atoms with Crippen LogP contribution in [0.5, 0.6) is 0 Å². The third-order valence-corrected chi connectivity index (χ3v) is 8.75. The average Bonchev–Trinajstić information content (AvgIpc) is 2.89. The van der Waals surface area contributed by atoms with Gasteiger partial charge in [-0.2, -0.15) is 11.8 Å². The summed E-state index contributed by atoms with van der Waals surface area (Å²) in [6.45, 7) is 7.93. The molecule has 2 aliphatic rings. The van der Waals surface area contributed by atoms with E-state index in [4.69, 9.17) is 4.98 Å². The zero-order chi connectivity index (χ0) is 14.8. The minimum Gasteiger partial charge on any atom is -0.314 e. The van der Waals surface area contributed by atoms with Crippen LogP contribution in [-0.2, 0) is 6.42 Å². The zero-order valence-corrected chi connectivity index (χ0v) is 15.7. The highest BCUT2D eigenvalue weighted by molar-refractivity contribution is 8.06. The lowest BCUT2D eigenvalue weighted by atomic mass is 9.91. The Morgan fingerprint density at radius 2 is 2.10 bits per heavy atom. The number of aromatic nitrogens is 1. The van der Waals surface area contributed by atoms with Gasteiger partial charge in [0.15, 0.2) is 0 Å². The van der Waals surface area contributed by atoms with Crippen LogP contribution in [0.1, 0.15) is 60.4 Å². The van der Waals surface area contributed by atoms with Gasteiger partial charge in [0.1, 0.15) is 5.01 Å². The molecule has 0 radical (unpaired) electrons. The van der Waals surface area contributed by atoms with Gasteiger partial charge in [0, 0.05) is 40.1 Å². The lowest BCUT2D eigenvalue weighted by Gasteiger charge is -2.26. The third-order valence-electron chi connectivity index (χ3n) is 4.29. The Morgan fingerprint density at radius 3 is 2.86 bits per heavy atom. The van der Waals surface area contributed by atoms with E-state index in [1.54, 1.807) is 4.88 Å². The van der Waals surface area contributed by atoms with Gasteiger partial charge in [-0.25, -0.2) is 4.98 Å². The molecule has 0 aromatic carbocycles. The minimum absolute atomic E-state index is 0.568. The van der Waals surface area contributed by atoms with Crippen LogP contribution in [0.3, 0.4) is 0 Å². The Morgan fingerprint density at radius 1 is 1.29 bits per heavy atom. The number of thioether (sulfide) groups is 2. The van der Waals surface area contributed by atoms with E-state index in [9.17, 15) is 0 Å². The fourth-order valence-electron chi connectivity index (χ4n) is 3.13. The third kappa shape index (κ3) is 3.80. The van der Waals surface area contributed by atoms with Crippen LogP contribution in [0.4, 0.5) is 0 Å². The number of thiazole rings is 1. The van der Waals surface area contributed by atoms with Crippen LogP contribution in [0.15, 0.2) is 0 Å². The molecule has 0 bridgehead atoms. The second kappa shape index (κ2) is 7.24. The molecule has 2 heterocycles. The standard InChI is InChI=1S/C16H26N2S3/c1-10(2)17-9-12-5-4-6-13-14(12)18-16(21-13)15-11(3)19-7-8-20-15/h10-12,15,17H,4-9H2,1-3H3. The number of rotatable bonds is 4. The quantitative estimate of drug-likeness (QED) is 0.872. The first-order valence-corrected chi connectivity index (χ1v) is 11.0. The first-order valence-electron chi connectivity index (χ1n) is 8.11. The molecular formula is C16H26N2S3. The molecule has 21 heavy (non-hydrogen) atoms. The van der Waals surface area contributed by atoms with Crippen molar-refractivity contribution in [2.45, 2.75) is 62.5 Å². The van der Waals surface area contributed by atoms with Crippen molar-refractivity contribution in [3.63, 3.8) is 0 Å². The first kappa shape index (κ1) is 16.2. The monoisotopic (exact) mass is 342 g/mol. The van der Waals surface area contributed by atoms with Gasteiger partial charge in [-0.15, -0.1) is 23.1 Å². The molecule has 1 aliphatic heterocycles. The maximum Gasteiger partial charge on any atom is 0.107 e. The summed E-state index contributed by atoms with van der Waals surface area (Å²) in [6, 6.07) is 0.568. The van der Waals surface area contributed by atoms with Crippen molar-refractivity contribution in [3.05, 3.63) is 15.6 Å². The van der Waals surface area contributed by atoms with Crippen molar-refractivity contribution >= 4 is 34.9 Å². The smallest absolute Gasteiger partial charge is 0.107 e. The van der Waals surface area contributed by atoms with Gasteiger partial charge in [-0.3, -0.25) is 0 Å². The Bertz CT molecular complexity index is 472. The van der Waals surface area contributed by atoms with Gasteiger partial charge >= 0.3 is 0 Å². The molecular weight excluding hydrogens is 316 g/mol. The molecule has 0 spiro atoms. The molecule has 3 atom stereocenters. The Labute approximate surface area is 141 Å². The summed E-state index contributed by atoms with van der Waals surface area (Å²) in [5.74, 6) is 3.22. The minimum atomic E-state index is 0.568. The van der Waals surface area contributed by atoms with Gasteiger partial charge in [0.25, 0.3) is 0 Å². The van der Waals surface area contributed by atoms with Gasteiger partial charge < -0.3 is 5.32 Å². The van der Waals surface area contributed by atoms with Crippen molar-refractivity contribution in [3.8, 4) is 0 Å². The summed E-state index contributed by atoms with van der Waals surface area (Å²) in [6.07, 6.45) is 3.89. The molecule has 1 aromatic rings. The Balaban J connectivity index is 1.77. The van der Waals surface area contributed by atoms with Crippen molar-refractivity contribution in [2.24, 2.45) is 0 Å². The lowest BCUT2D eigenvalue weighted by Crippen LogP contribution is -2.29. The SMILES string of the molecule is CC(C)NCC1CCCc2sc(C3SCCSC3C)nc21. The second-order valence-electron chi connectivity index (χ2n) is 6.38. The van der Waals surface area contributed by atoms with E-state index in [1.165, 1.54) is 41.5 Å². The molecule has 1 saturated heterocycles. The topological polar surface area (TPSA) is 24.9 Å². The van der Waals surface area contributed by atoms with Crippen LogP contribution in [0, 0.1) is 0 Å². The molecule has 3 rings (SSSR count). The highest BCUT2D eigenvalue weighted by atomic mass is 32.2. The predicted molar refractivity (Wildman–Crippen MR) is 98.1 cm³/mol. The fraction of sp³-hybridized carbons (Fsp3) is 0.812. The average molecular weight is 343 g/mol. The molecule has 1 aliphatic carbocycles.